The second-order valence-electron chi connectivity index (χ2n) is 7.37. The van der Waals surface area contributed by atoms with Crippen molar-refractivity contribution in [2.75, 3.05) is 0 Å². The Kier molecular flexibility index (Phi) is 4.85. The molecule has 1 aliphatic rings. The van der Waals surface area contributed by atoms with E-state index in [-0.39, 0.29) is 5.41 Å². The number of halogens is 2. The SMILES string of the molecule is C=CC1CCC(Cc2ccc(C(C)(C)C)c(F)c2F)CC1. The van der Waals surface area contributed by atoms with Gasteiger partial charge in [0.2, 0.25) is 0 Å². The summed E-state index contributed by atoms with van der Waals surface area (Å²) in [6.45, 7) is 9.55. The summed E-state index contributed by atoms with van der Waals surface area (Å²) in [5.74, 6) is -0.241. The maximum absolute atomic E-state index is 14.3. The minimum absolute atomic E-state index is 0.370. The molecule has 1 aliphatic carbocycles. The Morgan fingerprint density at radius 3 is 2.24 bits per heavy atom. The molecule has 0 unspecified atom stereocenters. The molecule has 0 N–H and O–H groups in total. The monoisotopic (exact) mass is 292 g/mol. The molecule has 0 saturated heterocycles. The van der Waals surface area contributed by atoms with Gasteiger partial charge in [0.15, 0.2) is 11.6 Å². The van der Waals surface area contributed by atoms with E-state index in [4.69, 9.17) is 0 Å². The van der Waals surface area contributed by atoms with Gasteiger partial charge in [0.25, 0.3) is 0 Å². The average Bonchev–Trinajstić information content (AvgIpc) is 2.43. The first-order valence-electron chi connectivity index (χ1n) is 7.93. The Labute approximate surface area is 127 Å². The van der Waals surface area contributed by atoms with Crippen LogP contribution in [0.3, 0.4) is 0 Å². The van der Waals surface area contributed by atoms with Gasteiger partial charge >= 0.3 is 0 Å². The molecular weight excluding hydrogens is 266 g/mol. The Morgan fingerprint density at radius 1 is 1.10 bits per heavy atom. The lowest BCUT2D eigenvalue weighted by Crippen LogP contribution is -2.18. The second-order valence-corrected chi connectivity index (χ2v) is 7.37. The molecule has 0 aliphatic heterocycles. The molecule has 0 nitrogen and oxygen atoms in total. The Bertz CT molecular complexity index is 503. The van der Waals surface area contributed by atoms with E-state index >= 15 is 0 Å². The summed E-state index contributed by atoms with van der Waals surface area (Å²) < 4.78 is 28.5. The molecule has 2 rings (SSSR count). The maximum atomic E-state index is 14.3. The number of hydrogen-bond donors (Lipinski definition) is 0. The molecule has 0 radical (unpaired) electrons. The quantitative estimate of drug-likeness (QED) is 0.618. The highest BCUT2D eigenvalue weighted by molar-refractivity contribution is 5.31. The molecule has 116 valence electrons. The molecule has 0 spiro atoms. The number of allylic oxidation sites excluding steroid dienone is 1. The third kappa shape index (κ3) is 3.72. The molecule has 0 bridgehead atoms. The zero-order valence-corrected chi connectivity index (χ0v) is 13.4. The fourth-order valence-electron chi connectivity index (χ4n) is 3.27. The van der Waals surface area contributed by atoms with Crippen molar-refractivity contribution in [2.45, 2.75) is 58.3 Å². The van der Waals surface area contributed by atoms with E-state index < -0.39 is 11.6 Å². The normalized spacial score (nSPS) is 23.1. The van der Waals surface area contributed by atoms with E-state index in [0.29, 0.717) is 29.4 Å². The fourth-order valence-corrected chi connectivity index (χ4v) is 3.27. The molecule has 1 aromatic rings. The summed E-state index contributed by atoms with van der Waals surface area (Å²) in [4.78, 5) is 0. The summed E-state index contributed by atoms with van der Waals surface area (Å²) in [6.07, 6.45) is 7.08. The van der Waals surface area contributed by atoms with Crippen LogP contribution in [0.15, 0.2) is 24.8 Å². The van der Waals surface area contributed by atoms with Crippen LogP contribution in [0, 0.1) is 23.5 Å². The molecule has 0 aromatic heterocycles. The standard InChI is InChI=1S/C19H26F2/c1-5-13-6-8-14(9-7-13)12-15-10-11-16(19(2,3)4)18(21)17(15)20/h5,10-11,13-14H,1,6-9,12H2,2-4H3. The van der Waals surface area contributed by atoms with E-state index in [2.05, 4.69) is 6.58 Å². The van der Waals surface area contributed by atoms with Gasteiger partial charge in [-0.1, -0.05) is 39.0 Å². The lowest BCUT2D eigenvalue weighted by molar-refractivity contribution is 0.305. The minimum Gasteiger partial charge on any atom is -0.203 e. The van der Waals surface area contributed by atoms with Gasteiger partial charge in [0.1, 0.15) is 0 Å². The molecular formula is C19H26F2. The smallest absolute Gasteiger partial charge is 0.162 e. The molecule has 0 atom stereocenters. The van der Waals surface area contributed by atoms with Crippen LogP contribution >= 0.6 is 0 Å². The maximum Gasteiger partial charge on any atom is 0.162 e. The van der Waals surface area contributed by atoms with Gasteiger partial charge in [-0.15, -0.1) is 6.58 Å². The van der Waals surface area contributed by atoms with E-state index in [1.165, 1.54) is 0 Å². The van der Waals surface area contributed by atoms with Gasteiger partial charge in [0.05, 0.1) is 0 Å². The number of hydrogen-bond acceptors (Lipinski definition) is 0. The van der Waals surface area contributed by atoms with Gasteiger partial charge < -0.3 is 0 Å². The van der Waals surface area contributed by atoms with Gasteiger partial charge in [-0.25, -0.2) is 8.78 Å². The first kappa shape index (κ1) is 16.2. The van der Waals surface area contributed by atoms with Gasteiger partial charge in [0, 0.05) is 0 Å². The van der Waals surface area contributed by atoms with Crippen LogP contribution in [-0.4, -0.2) is 0 Å². The Morgan fingerprint density at radius 2 is 1.71 bits per heavy atom. The fraction of sp³-hybridized carbons (Fsp3) is 0.579. The summed E-state index contributed by atoms with van der Waals surface area (Å²) in [5, 5.41) is 0. The molecule has 2 heteroatoms. The van der Waals surface area contributed by atoms with Crippen LogP contribution in [0.4, 0.5) is 8.78 Å². The summed E-state index contributed by atoms with van der Waals surface area (Å²) in [6, 6.07) is 3.53. The number of benzene rings is 1. The number of rotatable bonds is 3. The first-order valence-corrected chi connectivity index (χ1v) is 7.93. The molecule has 21 heavy (non-hydrogen) atoms. The summed E-state index contributed by atoms with van der Waals surface area (Å²) >= 11 is 0. The third-order valence-electron chi connectivity index (χ3n) is 4.70. The first-order chi connectivity index (χ1) is 9.82. The van der Waals surface area contributed by atoms with Crippen molar-refractivity contribution in [3.05, 3.63) is 47.5 Å². The van der Waals surface area contributed by atoms with Crippen LogP contribution in [0.1, 0.15) is 57.6 Å². The summed E-state index contributed by atoms with van der Waals surface area (Å²) in [7, 11) is 0. The Hall–Kier alpha value is -1.18. The average molecular weight is 292 g/mol. The van der Waals surface area contributed by atoms with Crippen molar-refractivity contribution in [1.82, 2.24) is 0 Å². The highest BCUT2D eigenvalue weighted by Crippen LogP contribution is 2.33. The molecule has 1 fully saturated rings. The predicted molar refractivity (Wildman–Crippen MR) is 84.4 cm³/mol. The lowest BCUT2D eigenvalue weighted by atomic mass is 9.78. The van der Waals surface area contributed by atoms with Crippen molar-refractivity contribution in [3.8, 4) is 0 Å². The van der Waals surface area contributed by atoms with E-state index in [1.807, 2.05) is 26.8 Å². The molecule has 1 aromatic carbocycles. The van der Waals surface area contributed by atoms with Crippen LogP contribution in [0.2, 0.25) is 0 Å². The summed E-state index contributed by atoms with van der Waals surface area (Å²) in [5.41, 5.74) is 0.618. The van der Waals surface area contributed by atoms with E-state index in [1.54, 1.807) is 12.1 Å². The van der Waals surface area contributed by atoms with Gasteiger partial charge in [-0.2, -0.15) is 0 Å². The topological polar surface area (TPSA) is 0 Å². The highest BCUT2D eigenvalue weighted by Gasteiger charge is 2.25. The van der Waals surface area contributed by atoms with E-state index in [9.17, 15) is 8.78 Å². The zero-order chi connectivity index (χ0) is 15.6. The lowest BCUT2D eigenvalue weighted by Gasteiger charge is -2.27. The van der Waals surface area contributed by atoms with Crippen LogP contribution in [0.5, 0.6) is 0 Å². The van der Waals surface area contributed by atoms with Crippen molar-refractivity contribution in [2.24, 2.45) is 11.8 Å². The second kappa shape index (κ2) is 6.29. The molecule has 0 amide bonds. The van der Waals surface area contributed by atoms with Crippen molar-refractivity contribution in [3.63, 3.8) is 0 Å². The van der Waals surface area contributed by atoms with E-state index in [0.717, 1.165) is 25.7 Å². The van der Waals surface area contributed by atoms with Crippen LogP contribution in [0.25, 0.3) is 0 Å². The minimum atomic E-state index is -0.667. The van der Waals surface area contributed by atoms with Crippen LogP contribution < -0.4 is 0 Å². The van der Waals surface area contributed by atoms with Crippen molar-refractivity contribution in [1.29, 1.82) is 0 Å². The van der Waals surface area contributed by atoms with Crippen molar-refractivity contribution < 1.29 is 8.78 Å². The Balaban J connectivity index is 2.12. The van der Waals surface area contributed by atoms with Crippen molar-refractivity contribution >= 4 is 0 Å². The molecule has 1 saturated carbocycles. The van der Waals surface area contributed by atoms with Crippen LogP contribution in [-0.2, 0) is 11.8 Å². The predicted octanol–water partition coefficient (Wildman–Crippen LogP) is 5.80. The highest BCUT2D eigenvalue weighted by atomic mass is 19.2. The largest absolute Gasteiger partial charge is 0.203 e. The van der Waals surface area contributed by atoms with Gasteiger partial charge in [-0.05, 0) is 60.5 Å². The third-order valence-corrected chi connectivity index (χ3v) is 4.70. The zero-order valence-electron chi connectivity index (χ0n) is 13.4. The molecule has 0 heterocycles. The van der Waals surface area contributed by atoms with Gasteiger partial charge in [-0.3, -0.25) is 0 Å².